The van der Waals surface area contributed by atoms with Crippen LogP contribution < -0.4 is 10.6 Å². The minimum Gasteiger partial charge on any atom is -0.332 e. The maximum absolute atomic E-state index is 12.0. The van der Waals surface area contributed by atoms with E-state index in [1.807, 2.05) is 25.1 Å². The standard InChI is InChI=1S/C14H18IN3O2/c1-10-2-3-12(8-11(10)9-15)17-13(19)14(20)18-6-4-16-5-7-18/h2-3,8,16H,4-7,9H2,1H3,(H,17,19). The summed E-state index contributed by atoms with van der Waals surface area (Å²) < 4.78 is 0.874. The highest BCUT2D eigenvalue weighted by Gasteiger charge is 2.23. The topological polar surface area (TPSA) is 61.4 Å². The first-order valence-electron chi connectivity index (χ1n) is 6.58. The number of amides is 2. The monoisotopic (exact) mass is 387 g/mol. The molecule has 0 aliphatic carbocycles. The third kappa shape index (κ3) is 3.69. The zero-order valence-corrected chi connectivity index (χ0v) is 13.6. The molecule has 0 unspecified atom stereocenters. The van der Waals surface area contributed by atoms with E-state index in [2.05, 4.69) is 33.2 Å². The van der Waals surface area contributed by atoms with Gasteiger partial charge in [-0.25, -0.2) is 0 Å². The molecule has 0 aromatic heterocycles. The Morgan fingerprint density at radius 3 is 2.70 bits per heavy atom. The van der Waals surface area contributed by atoms with Crippen molar-refractivity contribution in [2.75, 3.05) is 31.5 Å². The molecule has 0 spiro atoms. The molecule has 0 atom stereocenters. The molecule has 1 fully saturated rings. The average Bonchev–Trinajstić information content (AvgIpc) is 2.49. The second-order valence-corrected chi connectivity index (χ2v) is 5.53. The van der Waals surface area contributed by atoms with Crippen LogP contribution in [0.5, 0.6) is 0 Å². The molecule has 1 aromatic rings. The smallest absolute Gasteiger partial charge is 0.313 e. The van der Waals surface area contributed by atoms with Gasteiger partial charge in [-0.3, -0.25) is 9.59 Å². The lowest BCUT2D eigenvalue weighted by Crippen LogP contribution is -2.49. The number of benzene rings is 1. The summed E-state index contributed by atoms with van der Waals surface area (Å²) in [5.74, 6) is -1.02. The number of carbonyl (C=O) groups is 2. The van der Waals surface area contributed by atoms with Gasteiger partial charge in [0.25, 0.3) is 0 Å². The second kappa shape index (κ2) is 7.03. The number of hydrogen-bond donors (Lipinski definition) is 2. The van der Waals surface area contributed by atoms with E-state index >= 15 is 0 Å². The van der Waals surface area contributed by atoms with E-state index < -0.39 is 11.8 Å². The van der Waals surface area contributed by atoms with Gasteiger partial charge in [0.05, 0.1) is 0 Å². The molecule has 0 bridgehead atoms. The Labute approximate surface area is 132 Å². The molecule has 108 valence electrons. The van der Waals surface area contributed by atoms with E-state index in [1.54, 1.807) is 4.90 Å². The predicted molar refractivity (Wildman–Crippen MR) is 87.0 cm³/mol. The number of aryl methyl sites for hydroxylation is 1. The second-order valence-electron chi connectivity index (χ2n) is 4.77. The van der Waals surface area contributed by atoms with Crippen LogP contribution >= 0.6 is 22.6 Å². The van der Waals surface area contributed by atoms with E-state index in [-0.39, 0.29) is 0 Å². The van der Waals surface area contributed by atoms with Gasteiger partial charge in [0.2, 0.25) is 0 Å². The minimum atomic E-state index is -0.560. The molecule has 1 aliphatic heterocycles. The molecule has 2 amide bonds. The van der Waals surface area contributed by atoms with Crippen molar-refractivity contribution in [3.8, 4) is 0 Å². The third-order valence-corrected chi connectivity index (χ3v) is 4.17. The van der Waals surface area contributed by atoms with E-state index in [0.29, 0.717) is 18.8 Å². The average molecular weight is 387 g/mol. The molecule has 5 nitrogen and oxygen atoms in total. The fraction of sp³-hybridized carbons (Fsp3) is 0.429. The van der Waals surface area contributed by atoms with E-state index in [1.165, 1.54) is 5.56 Å². The van der Waals surface area contributed by atoms with Crippen LogP contribution in [-0.2, 0) is 14.0 Å². The summed E-state index contributed by atoms with van der Waals surface area (Å²) >= 11 is 2.28. The lowest BCUT2D eigenvalue weighted by molar-refractivity contribution is -0.143. The summed E-state index contributed by atoms with van der Waals surface area (Å²) in [6.07, 6.45) is 0. The number of alkyl halides is 1. The molecule has 2 rings (SSSR count). The molecule has 1 aliphatic rings. The molecule has 6 heteroatoms. The lowest BCUT2D eigenvalue weighted by atomic mass is 10.1. The quantitative estimate of drug-likeness (QED) is 0.457. The highest BCUT2D eigenvalue weighted by atomic mass is 127. The molecule has 1 aromatic carbocycles. The van der Waals surface area contributed by atoms with Gasteiger partial charge < -0.3 is 15.5 Å². The Bertz CT molecular complexity index is 513. The van der Waals surface area contributed by atoms with Gasteiger partial charge in [0.15, 0.2) is 0 Å². The number of piperazine rings is 1. The largest absolute Gasteiger partial charge is 0.332 e. The van der Waals surface area contributed by atoms with Gasteiger partial charge in [-0.2, -0.15) is 0 Å². The predicted octanol–water partition coefficient (Wildman–Crippen LogP) is 1.30. The third-order valence-electron chi connectivity index (χ3n) is 3.35. The van der Waals surface area contributed by atoms with Crippen molar-refractivity contribution in [1.29, 1.82) is 0 Å². The maximum atomic E-state index is 12.0. The molecule has 1 heterocycles. The lowest BCUT2D eigenvalue weighted by Gasteiger charge is -2.26. The number of nitrogens with zero attached hydrogens (tertiary/aromatic N) is 1. The van der Waals surface area contributed by atoms with E-state index in [9.17, 15) is 9.59 Å². The normalized spacial score (nSPS) is 15.0. The molecule has 0 saturated carbocycles. The zero-order chi connectivity index (χ0) is 14.5. The highest BCUT2D eigenvalue weighted by molar-refractivity contribution is 14.1. The number of halogens is 1. The van der Waals surface area contributed by atoms with Crippen molar-refractivity contribution in [2.45, 2.75) is 11.4 Å². The van der Waals surface area contributed by atoms with Crippen LogP contribution in [0, 0.1) is 6.92 Å². The van der Waals surface area contributed by atoms with Crippen molar-refractivity contribution in [2.24, 2.45) is 0 Å². The van der Waals surface area contributed by atoms with Crippen LogP contribution in [0.3, 0.4) is 0 Å². The van der Waals surface area contributed by atoms with Crippen LogP contribution in [0.1, 0.15) is 11.1 Å². The molecule has 20 heavy (non-hydrogen) atoms. The number of hydrogen-bond acceptors (Lipinski definition) is 3. The zero-order valence-electron chi connectivity index (χ0n) is 11.4. The van der Waals surface area contributed by atoms with Gasteiger partial charge in [-0.1, -0.05) is 28.7 Å². The summed E-state index contributed by atoms with van der Waals surface area (Å²) in [5, 5.41) is 5.84. The molecule has 0 radical (unpaired) electrons. The van der Waals surface area contributed by atoms with Gasteiger partial charge >= 0.3 is 11.8 Å². The van der Waals surface area contributed by atoms with Crippen molar-refractivity contribution in [3.63, 3.8) is 0 Å². The van der Waals surface area contributed by atoms with Gasteiger partial charge in [0, 0.05) is 36.3 Å². The Balaban J connectivity index is 2.01. The maximum Gasteiger partial charge on any atom is 0.313 e. The molecular weight excluding hydrogens is 369 g/mol. The summed E-state index contributed by atoms with van der Waals surface area (Å²) in [6, 6.07) is 5.71. The number of nitrogens with one attached hydrogen (secondary N) is 2. The molecular formula is C14H18IN3O2. The van der Waals surface area contributed by atoms with Gasteiger partial charge in [-0.05, 0) is 30.2 Å². The Morgan fingerprint density at radius 1 is 1.35 bits per heavy atom. The van der Waals surface area contributed by atoms with Crippen molar-refractivity contribution in [3.05, 3.63) is 29.3 Å². The molecule has 2 N–H and O–H groups in total. The SMILES string of the molecule is Cc1ccc(NC(=O)C(=O)N2CCNCC2)cc1CI. The van der Waals surface area contributed by atoms with Crippen LogP contribution in [0.15, 0.2) is 18.2 Å². The highest BCUT2D eigenvalue weighted by Crippen LogP contribution is 2.18. The summed E-state index contributed by atoms with van der Waals surface area (Å²) in [6.45, 7) is 4.68. The Morgan fingerprint density at radius 2 is 2.05 bits per heavy atom. The first-order chi connectivity index (χ1) is 9.61. The van der Waals surface area contributed by atoms with Crippen molar-refractivity contribution in [1.82, 2.24) is 10.2 Å². The number of anilines is 1. The van der Waals surface area contributed by atoms with Crippen molar-refractivity contribution >= 4 is 40.1 Å². The number of rotatable bonds is 2. The fourth-order valence-corrected chi connectivity index (χ4v) is 2.91. The Hall–Kier alpha value is -1.15. The van der Waals surface area contributed by atoms with Crippen LogP contribution in [0.4, 0.5) is 5.69 Å². The minimum absolute atomic E-state index is 0.455. The van der Waals surface area contributed by atoms with E-state index in [4.69, 9.17) is 0 Å². The Kier molecular flexibility index (Phi) is 5.36. The van der Waals surface area contributed by atoms with Crippen LogP contribution in [0.2, 0.25) is 0 Å². The number of carbonyl (C=O) groups excluding carboxylic acids is 2. The van der Waals surface area contributed by atoms with Crippen molar-refractivity contribution < 1.29 is 9.59 Å². The van der Waals surface area contributed by atoms with Gasteiger partial charge in [0.1, 0.15) is 0 Å². The fourth-order valence-electron chi connectivity index (χ4n) is 2.09. The first-order valence-corrected chi connectivity index (χ1v) is 8.11. The van der Waals surface area contributed by atoms with E-state index in [0.717, 1.165) is 23.1 Å². The summed E-state index contributed by atoms with van der Waals surface area (Å²) in [7, 11) is 0. The van der Waals surface area contributed by atoms with Gasteiger partial charge in [-0.15, -0.1) is 0 Å². The summed E-state index contributed by atoms with van der Waals surface area (Å²) in [5.41, 5.74) is 3.03. The summed E-state index contributed by atoms with van der Waals surface area (Å²) in [4.78, 5) is 25.6. The van der Waals surface area contributed by atoms with Crippen LogP contribution in [0.25, 0.3) is 0 Å². The first kappa shape index (κ1) is 15.2. The van der Waals surface area contributed by atoms with Crippen LogP contribution in [-0.4, -0.2) is 42.9 Å². The molecule has 1 saturated heterocycles.